The zero-order chi connectivity index (χ0) is 38.1. The van der Waals surface area contributed by atoms with Gasteiger partial charge in [0, 0.05) is 22.1 Å². The second-order valence-electron chi connectivity index (χ2n) is 15.6. The second kappa shape index (κ2) is 12.9. The van der Waals surface area contributed by atoms with E-state index in [2.05, 4.69) is 141 Å². The van der Waals surface area contributed by atoms with Crippen molar-refractivity contribution < 1.29 is 0 Å². The molecule has 3 heteroatoms. The first kappa shape index (κ1) is 33.1. The molecular weight excluding hydrogens is 691 g/mol. The van der Waals surface area contributed by atoms with Gasteiger partial charge < -0.3 is 0 Å². The van der Waals surface area contributed by atoms with Crippen LogP contribution in [0.1, 0.15) is 25.0 Å². The quantitative estimate of drug-likeness (QED) is 0.166. The molecule has 1 aliphatic carbocycles. The van der Waals surface area contributed by atoms with Crippen molar-refractivity contribution in [3.8, 4) is 67.5 Å². The third kappa shape index (κ3) is 5.38. The first-order valence-corrected chi connectivity index (χ1v) is 19.6. The highest BCUT2D eigenvalue weighted by atomic mass is 15.0. The predicted octanol–water partition coefficient (Wildman–Crippen LogP) is 14.0. The molecule has 0 atom stereocenters. The molecule has 0 saturated heterocycles. The molecule has 10 aromatic rings. The Bertz CT molecular complexity index is 3140. The summed E-state index contributed by atoms with van der Waals surface area (Å²) in [5.41, 5.74) is 13.2. The number of hydrogen-bond donors (Lipinski definition) is 0. The third-order valence-corrected chi connectivity index (χ3v) is 11.9. The molecule has 3 nitrogen and oxygen atoms in total. The molecule has 0 radical (unpaired) electrons. The molecule has 1 heterocycles. The summed E-state index contributed by atoms with van der Waals surface area (Å²) in [4.78, 5) is 15.0. The average Bonchev–Trinajstić information content (AvgIpc) is 3.52. The van der Waals surface area contributed by atoms with Crippen molar-refractivity contribution in [3.05, 3.63) is 199 Å². The number of nitrogens with zero attached hydrogens (tertiary/aromatic N) is 3. The van der Waals surface area contributed by atoms with Crippen molar-refractivity contribution in [2.24, 2.45) is 0 Å². The van der Waals surface area contributed by atoms with Crippen LogP contribution in [0.25, 0.3) is 99.9 Å². The molecule has 0 bridgehead atoms. The lowest BCUT2D eigenvalue weighted by Crippen LogP contribution is -2.14. The van der Waals surface area contributed by atoms with Gasteiger partial charge in [0.1, 0.15) is 0 Å². The zero-order valence-corrected chi connectivity index (χ0v) is 31.7. The fraction of sp³-hybridized carbons (Fsp3) is 0.0556. The van der Waals surface area contributed by atoms with Crippen LogP contribution in [0.15, 0.2) is 188 Å². The molecule has 11 rings (SSSR count). The fourth-order valence-corrected chi connectivity index (χ4v) is 9.07. The number of rotatable bonds is 5. The van der Waals surface area contributed by atoms with Gasteiger partial charge in [-0.15, -0.1) is 0 Å². The van der Waals surface area contributed by atoms with Gasteiger partial charge in [-0.2, -0.15) is 0 Å². The van der Waals surface area contributed by atoms with E-state index in [1.54, 1.807) is 0 Å². The van der Waals surface area contributed by atoms with Gasteiger partial charge in [0.25, 0.3) is 0 Å². The van der Waals surface area contributed by atoms with E-state index in [-0.39, 0.29) is 5.41 Å². The van der Waals surface area contributed by atoms with E-state index in [9.17, 15) is 0 Å². The Morgan fingerprint density at radius 1 is 0.298 bits per heavy atom. The maximum Gasteiger partial charge on any atom is 0.164 e. The van der Waals surface area contributed by atoms with Gasteiger partial charge in [-0.3, -0.25) is 0 Å². The van der Waals surface area contributed by atoms with E-state index in [1.165, 1.54) is 76.8 Å². The molecule has 0 amide bonds. The van der Waals surface area contributed by atoms with Crippen molar-refractivity contribution in [1.82, 2.24) is 15.0 Å². The van der Waals surface area contributed by atoms with E-state index in [0.717, 1.165) is 16.7 Å². The summed E-state index contributed by atoms with van der Waals surface area (Å²) in [6.45, 7) is 4.69. The summed E-state index contributed by atoms with van der Waals surface area (Å²) in [5, 5.41) is 7.27. The van der Waals surface area contributed by atoms with Crippen LogP contribution >= 0.6 is 0 Å². The van der Waals surface area contributed by atoms with Crippen molar-refractivity contribution in [2.75, 3.05) is 0 Å². The Hall–Kier alpha value is -7.23. The van der Waals surface area contributed by atoms with Gasteiger partial charge in [-0.1, -0.05) is 184 Å². The van der Waals surface area contributed by atoms with Crippen LogP contribution in [0.2, 0.25) is 0 Å². The molecule has 0 saturated carbocycles. The Morgan fingerprint density at radius 2 is 0.737 bits per heavy atom. The van der Waals surface area contributed by atoms with Crippen molar-refractivity contribution in [2.45, 2.75) is 19.3 Å². The number of aromatic nitrogens is 3. The maximum atomic E-state index is 5.06. The summed E-state index contributed by atoms with van der Waals surface area (Å²) >= 11 is 0. The normalized spacial score (nSPS) is 12.9. The van der Waals surface area contributed by atoms with Gasteiger partial charge in [-0.05, 0) is 95.0 Å². The van der Waals surface area contributed by atoms with Gasteiger partial charge in [0.2, 0.25) is 0 Å². The van der Waals surface area contributed by atoms with Gasteiger partial charge in [-0.25, -0.2) is 15.0 Å². The molecule has 1 aromatic heterocycles. The van der Waals surface area contributed by atoms with Crippen LogP contribution in [-0.2, 0) is 5.41 Å². The lowest BCUT2D eigenvalue weighted by Gasteiger charge is -2.21. The topological polar surface area (TPSA) is 38.7 Å². The Balaban J connectivity index is 1.07. The fourth-order valence-electron chi connectivity index (χ4n) is 9.07. The van der Waals surface area contributed by atoms with Gasteiger partial charge in [0.05, 0.1) is 0 Å². The number of fused-ring (bicyclic) bond motifs is 9. The first-order chi connectivity index (χ1) is 28.0. The number of benzene rings is 9. The van der Waals surface area contributed by atoms with Crippen LogP contribution in [-0.4, -0.2) is 15.0 Å². The van der Waals surface area contributed by atoms with Crippen molar-refractivity contribution >= 4 is 32.3 Å². The minimum absolute atomic E-state index is 0.0422. The molecule has 1 aliphatic rings. The van der Waals surface area contributed by atoms with E-state index in [1.807, 2.05) is 60.7 Å². The average molecular weight is 728 g/mol. The summed E-state index contributed by atoms with van der Waals surface area (Å²) in [7, 11) is 0. The molecule has 0 fully saturated rings. The monoisotopic (exact) mass is 727 g/mol. The SMILES string of the molecule is CC1(C)c2ccccc2-c2c(-c3cccc(-c4ccc5c6ccccc6c6cc(-c7nc(-c8ccccc8)nc(-c8ccccc8)n7)ccc6c5c4)c3)cccc21. The van der Waals surface area contributed by atoms with Crippen LogP contribution < -0.4 is 0 Å². The molecular formula is C54H37N3. The maximum absolute atomic E-state index is 5.06. The molecule has 268 valence electrons. The van der Waals surface area contributed by atoms with Crippen LogP contribution in [0.5, 0.6) is 0 Å². The van der Waals surface area contributed by atoms with Gasteiger partial charge in [0.15, 0.2) is 17.5 Å². The van der Waals surface area contributed by atoms with E-state index >= 15 is 0 Å². The Kier molecular flexibility index (Phi) is 7.52. The minimum atomic E-state index is -0.0422. The second-order valence-corrected chi connectivity index (χ2v) is 15.6. The predicted molar refractivity (Wildman–Crippen MR) is 237 cm³/mol. The largest absolute Gasteiger partial charge is 0.208 e. The van der Waals surface area contributed by atoms with Crippen molar-refractivity contribution in [3.63, 3.8) is 0 Å². The van der Waals surface area contributed by atoms with Gasteiger partial charge >= 0.3 is 0 Å². The Labute approximate surface area is 332 Å². The van der Waals surface area contributed by atoms with Crippen LogP contribution in [0.4, 0.5) is 0 Å². The number of hydrogen-bond acceptors (Lipinski definition) is 3. The highest BCUT2D eigenvalue weighted by molar-refractivity contribution is 6.26. The van der Waals surface area contributed by atoms with E-state index in [0.29, 0.717) is 17.5 Å². The molecule has 0 spiro atoms. The molecule has 0 unspecified atom stereocenters. The standard InChI is InChI=1S/C54H37N3/c1-54(2)48-25-12-11-23-45(48)50-40(24-14-26-49(50)54)38-20-13-19-36(31-38)37-27-29-43-41-21-9-10-22-42(41)47-33-39(28-30-44(47)46(43)32-37)53-56-51(34-15-5-3-6-16-34)55-52(57-53)35-17-7-4-8-18-35/h3-33H,1-2H3. The van der Waals surface area contributed by atoms with Crippen molar-refractivity contribution in [1.29, 1.82) is 0 Å². The minimum Gasteiger partial charge on any atom is -0.208 e. The lowest BCUT2D eigenvalue weighted by atomic mass is 9.82. The molecule has 9 aromatic carbocycles. The third-order valence-electron chi connectivity index (χ3n) is 11.9. The summed E-state index contributed by atoms with van der Waals surface area (Å²) in [5.74, 6) is 1.96. The highest BCUT2D eigenvalue weighted by Gasteiger charge is 2.36. The first-order valence-electron chi connectivity index (χ1n) is 19.6. The Morgan fingerprint density at radius 3 is 1.44 bits per heavy atom. The summed E-state index contributed by atoms with van der Waals surface area (Å²) < 4.78 is 0. The summed E-state index contributed by atoms with van der Waals surface area (Å²) in [6.07, 6.45) is 0. The molecule has 0 N–H and O–H groups in total. The lowest BCUT2D eigenvalue weighted by molar-refractivity contribution is 0.660. The van der Waals surface area contributed by atoms with Crippen LogP contribution in [0.3, 0.4) is 0 Å². The molecule has 0 aliphatic heterocycles. The van der Waals surface area contributed by atoms with E-state index in [4.69, 9.17) is 15.0 Å². The summed E-state index contributed by atoms with van der Waals surface area (Å²) in [6, 6.07) is 67.4. The van der Waals surface area contributed by atoms with Crippen LogP contribution in [0, 0.1) is 0 Å². The zero-order valence-electron chi connectivity index (χ0n) is 31.7. The van der Waals surface area contributed by atoms with E-state index < -0.39 is 0 Å². The smallest absolute Gasteiger partial charge is 0.164 e. The highest BCUT2D eigenvalue weighted by Crippen LogP contribution is 2.52. The molecule has 57 heavy (non-hydrogen) atoms.